The Morgan fingerprint density at radius 1 is 1.10 bits per heavy atom. The first-order valence-electron chi connectivity index (χ1n) is 9.92. The van der Waals surface area contributed by atoms with Gasteiger partial charge in [-0.2, -0.15) is 13.2 Å². The van der Waals surface area contributed by atoms with Crippen LogP contribution in [0.5, 0.6) is 0 Å². The third-order valence-electron chi connectivity index (χ3n) is 5.04. The van der Waals surface area contributed by atoms with Gasteiger partial charge in [0.2, 0.25) is 5.91 Å². The summed E-state index contributed by atoms with van der Waals surface area (Å²) in [6.45, 7) is 1.56. The topological polar surface area (TPSA) is 56.7 Å². The Hall–Kier alpha value is -3.10. The van der Waals surface area contributed by atoms with E-state index in [1.807, 2.05) is 29.2 Å². The predicted octanol–water partition coefficient (Wildman–Crippen LogP) is 3.83. The smallest absolute Gasteiger partial charge is 0.352 e. The van der Waals surface area contributed by atoms with E-state index in [1.54, 1.807) is 0 Å². The largest absolute Gasteiger partial charge is 0.416 e. The molecule has 2 aromatic rings. The van der Waals surface area contributed by atoms with Gasteiger partial charge in [0.25, 0.3) is 0 Å². The zero-order chi connectivity index (χ0) is 22.4. The van der Waals surface area contributed by atoms with Crippen molar-refractivity contribution < 1.29 is 22.4 Å². The molecule has 1 fully saturated rings. The van der Waals surface area contributed by atoms with Gasteiger partial charge in [-0.1, -0.05) is 30.3 Å². The van der Waals surface area contributed by atoms with Crippen molar-refractivity contribution in [2.75, 3.05) is 13.6 Å². The lowest BCUT2D eigenvalue weighted by Gasteiger charge is -2.17. The average Bonchev–Trinajstić information content (AvgIpc) is 3.13. The maximum absolute atomic E-state index is 13.3. The summed E-state index contributed by atoms with van der Waals surface area (Å²) >= 11 is 0. The summed E-state index contributed by atoms with van der Waals surface area (Å²) in [6.07, 6.45) is -3.17. The van der Waals surface area contributed by atoms with Gasteiger partial charge in [0, 0.05) is 39.6 Å². The Labute approximate surface area is 178 Å². The molecule has 0 aliphatic carbocycles. The van der Waals surface area contributed by atoms with Crippen molar-refractivity contribution in [1.82, 2.24) is 15.5 Å². The number of amides is 1. The van der Waals surface area contributed by atoms with E-state index in [0.29, 0.717) is 31.5 Å². The zero-order valence-corrected chi connectivity index (χ0v) is 17.1. The number of carbonyl (C=O) groups excluding carboxylic acids is 1. The molecule has 2 aromatic carbocycles. The van der Waals surface area contributed by atoms with E-state index in [1.165, 1.54) is 7.05 Å². The summed E-state index contributed by atoms with van der Waals surface area (Å²) in [5, 5.41) is 5.89. The number of nitrogens with one attached hydrogen (secondary N) is 2. The number of rotatable bonds is 6. The van der Waals surface area contributed by atoms with Gasteiger partial charge >= 0.3 is 6.18 Å². The number of benzene rings is 2. The summed E-state index contributed by atoms with van der Waals surface area (Å²) in [6, 6.07) is 10.3. The minimum atomic E-state index is -4.65. The normalized spacial score (nSPS) is 14.8. The molecule has 1 amide bonds. The molecule has 0 bridgehead atoms. The molecule has 2 N–H and O–H groups in total. The van der Waals surface area contributed by atoms with Gasteiger partial charge in [0.15, 0.2) is 5.96 Å². The monoisotopic (exact) mass is 436 g/mol. The van der Waals surface area contributed by atoms with Crippen LogP contribution in [0.3, 0.4) is 0 Å². The van der Waals surface area contributed by atoms with Crippen molar-refractivity contribution in [1.29, 1.82) is 0 Å². The fraction of sp³-hybridized carbons (Fsp3) is 0.364. The Morgan fingerprint density at radius 3 is 2.52 bits per heavy atom. The van der Waals surface area contributed by atoms with Crippen LogP contribution in [-0.2, 0) is 30.6 Å². The van der Waals surface area contributed by atoms with Crippen LogP contribution in [-0.4, -0.2) is 30.4 Å². The molecule has 1 heterocycles. The first kappa shape index (κ1) is 22.6. The van der Waals surface area contributed by atoms with E-state index >= 15 is 0 Å². The summed E-state index contributed by atoms with van der Waals surface area (Å²) in [5.74, 6) is -0.459. The van der Waals surface area contributed by atoms with Crippen LogP contribution in [0.15, 0.2) is 47.5 Å². The van der Waals surface area contributed by atoms with E-state index in [2.05, 4.69) is 15.6 Å². The SMILES string of the molecule is CN=C(NCc1cccc(CN2CCCC2=O)c1)NCc1ccc(F)cc1C(F)(F)F. The first-order valence-corrected chi connectivity index (χ1v) is 9.92. The Bertz CT molecular complexity index is 959. The molecule has 31 heavy (non-hydrogen) atoms. The van der Waals surface area contributed by atoms with Gasteiger partial charge < -0.3 is 15.5 Å². The molecule has 9 heteroatoms. The quantitative estimate of drug-likeness (QED) is 0.411. The van der Waals surface area contributed by atoms with Gasteiger partial charge in [-0.25, -0.2) is 4.39 Å². The fourth-order valence-corrected chi connectivity index (χ4v) is 3.48. The van der Waals surface area contributed by atoms with Crippen LogP contribution in [0.4, 0.5) is 17.6 Å². The van der Waals surface area contributed by atoms with E-state index in [-0.39, 0.29) is 18.0 Å². The van der Waals surface area contributed by atoms with Crippen LogP contribution in [0.2, 0.25) is 0 Å². The van der Waals surface area contributed by atoms with Gasteiger partial charge in [0.05, 0.1) is 5.56 Å². The lowest BCUT2D eigenvalue weighted by Crippen LogP contribution is -2.36. The highest BCUT2D eigenvalue weighted by molar-refractivity contribution is 5.79. The number of aliphatic imine (C=N–C) groups is 1. The van der Waals surface area contributed by atoms with E-state index < -0.39 is 17.6 Å². The second kappa shape index (κ2) is 9.80. The lowest BCUT2D eigenvalue weighted by atomic mass is 10.1. The number of nitrogens with zero attached hydrogens (tertiary/aromatic N) is 2. The summed E-state index contributed by atoms with van der Waals surface area (Å²) < 4.78 is 52.7. The molecule has 0 aromatic heterocycles. The molecule has 0 radical (unpaired) electrons. The molecular weight excluding hydrogens is 412 g/mol. The van der Waals surface area contributed by atoms with Gasteiger partial charge in [-0.15, -0.1) is 0 Å². The van der Waals surface area contributed by atoms with E-state index in [9.17, 15) is 22.4 Å². The fourth-order valence-electron chi connectivity index (χ4n) is 3.48. The maximum Gasteiger partial charge on any atom is 0.416 e. The third-order valence-corrected chi connectivity index (χ3v) is 5.04. The highest BCUT2D eigenvalue weighted by atomic mass is 19.4. The standard InChI is InChI=1S/C22H24F4N4O/c1-27-21(29-13-17-7-8-18(23)11-19(17)22(24,25)26)28-12-15-4-2-5-16(10-15)14-30-9-3-6-20(30)31/h2,4-5,7-8,10-11H,3,6,9,12-14H2,1H3,(H2,27,28,29). The lowest BCUT2D eigenvalue weighted by molar-refractivity contribution is -0.138. The Balaban J connectivity index is 1.58. The van der Waals surface area contributed by atoms with Crippen molar-refractivity contribution >= 4 is 11.9 Å². The number of hydrogen-bond acceptors (Lipinski definition) is 2. The van der Waals surface area contributed by atoms with Crippen LogP contribution in [0.1, 0.15) is 35.1 Å². The molecule has 0 saturated carbocycles. The minimum absolute atomic E-state index is 0.0749. The van der Waals surface area contributed by atoms with Gasteiger partial charge in [-0.3, -0.25) is 9.79 Å². The second-order valence-corrected chi connectivity index (χ2v) is 7.32. The summed E-state index contributed by atoms with van der Waals surface area (Å²) in [5.41, 5.74) is 0.872. The first-order chi connectivity index (χ1) is 14.8. The number of guanidine groups is 1. The minimum Gasteiger partial charge on any atom is -0.352 e. The summed E-state index contributed by atoms with van der Waals surface area (Å²) in [4.78, 5) is 17.7. The molecule has 5 nitrogen and oxygen atoms in total. The van der Waals surface area contributed by atoms with Crippen LogP contribution >= 0.6 is 0 Å². The Kier molecular flexibility index (Phi) is 7.14. The number of carbonyl (C=O) groups is 1. The third kappa shape index (κ3) is 6.19. The van der Waals surface area contributed by atoms with Crippen molar-refractivity contribution in [3.8, 4) is 0 Å². The number of likely N-dealkylation sites (tertiary alicyclic amines) is 1. The molecule has 1 aliphatic rings. The highest BCUT2D eigenvalue weighted by Gasteiger charge is 2.33. The summed E-state index contributed by atoms with van der Waals surface area (Å²) in [7, 11) is 1.51. The molecule has 3 rings (SSSR count). The van der Waals surface area contributed by atoms with Crippen molar-refractivity contribution in [3.05, 3.63) is 70.5 Å². The van der Waals surface area contributed by atoms with Gasteiger partial charge in [-0.05, 0) is 35.2 Å². The molecule has 166 valence electrons. The number of hydrogen-bond donors (Lipinski definition) is 2. The number of alkyl halides is 3. The Morgan fingerprint density at radius 2 is 1.84 bits per heavy atom. The van der Waals surface area contributed by atoms with Crippen LogP contribution in [0, 0.1) is 5.82 Å². The van der Waals surface area contributed by atoms with Crippen molar-refractivity contribution in [3.63, 3.8) is 0 Å². The molecule has 1 aliphatic heterocycles. The zero-order valence-electron chi connectivity index (χ0n) is 17.1. The molecular formula is C22H24F4N4O. The van der Waals surface area contributed by atoms with E-state index in [0.717, 1.165) is 36.2 Å². The number of halogens is 4. The predicted molar refractivity (Wildman–Crippen MR) is 110 cm³/mol. The second-order valence-electron chi connectivity index (χ2n) is 7.32. The highest BCUT2D eigenvalue weighted by Crippen LogP contribution is 2.32. The molecule has 1 saturated heterocycles. The maximum atomic E-state index is 13.3. The van der Waals surface area contributed by atoms with E-state index in [4.69, 9.17) is 0 Å². The molecule has 0 spiro atoms. The van der Waals surface area contributed by atoms with Gasteiger partial charge in [0.1, 0.15) is 5.82 Å². The molecule has 0 atom stereocenters. The van der Waals surface area contributed by atoms with Crippen molar-refractivity contribution in [2.24, 2.45) is 4.99 Å². The average molecular weight is 436 g/mol. The van der Waals surface area contributed by atoms with Crippen LogP contribution in [0.25, 0.3) is 0 Å². The molecule has 0 unspecified atom stereocenters. The van der Waals surface area contributed by atoms with Crippen LogP contribution < -0.4 is 10.6 Å². The van der Waals surface area contributed by atoms with Crippen molar-refractivity contribution in [2.45, 2.75) is 38.7 Å².